The second-order valence-electron chi connectivity index (χ2n) is 8.62. The molecule has 190 valence electrons. The van der Waals surface area contributed by atoms with Crippen molar-refractivity contribution in [2.24, 2.45) is 0 Å². The maximum Gasteiger partial charge on any atom is 0.307 e. The Hall–Kier alpha value is -3.47. The van der Waals surface area contributed by atoms with Crippen molar-refractivity contribution in [3.05, 3.63) is 35.9 Å². The Kier molecular flexibility index (Phi) is 8.80. The predicted molar refractivity (Wildman–Crippen MR) is 124 cm³/mol. The summed E-state index contributed by atoms with van der Waals surface area (Å²) >= 11 is 0. The molecule has 0 aromatic heterocycles. The molecule has 0 radical (unpaired) electrons. The summed E-state index contributed by atoms with van der Waals surface area (Å²) in [5, 5.41) is 7.99. The van der Waals surface area contributed by atoms with E-state index in [9.17, 15) is 24.0 Å². The number of rotatable bonds is 8. The number of hydrogen-bond acceptors (Lipinski definition) is 7. The van der Waals surface area contributed by atoms with Gasteiger partial charge in [-0.25, -0.2) is 5.01 Å². The van der Waals surface area contributed by atoms with Crippen molar-refractivity contribution in [2.45, 2.75) is 63.3 Å². The number of methoxy groups -OCH3 is 2. The molecule has 0 saturated carbocycles. The number of ether oxygens (including phenoxy) is 2. The Balaban J connectivity index is 1.81. The molecule has 2 N–H and O–H groups in total. The van der Waals surface area contributed by atoms with Gasteiger partial charge in [-0.15, -0.1) is 0 Å². The summed E-state index contributed by atoms with van der Waals surface area (Å²) in [4.78, 5) is 64.2. The third-order valence-corrected chi connectivity index (χ3v) is 6.39. The number of benzene rings is 1. The molecular formula is C24H32N4O7. The summed E-state index contributed by atoms with van der Waals surface area (Å²) < 4.78 is 10.0. The van der Waals surface area contributed by atoms with E-state index < -0.39 is 47.9 Å². The van der Waals surface area contributed by atoms with E-state index in [1.807, 2.05) is 0 Å². The molecule has 0 spiro atoms. The molecule has 0 aliphatic carbocycles. The molecule has 2 aliphatic rings. The Morgan fingerprint density at radius 1 is 1.11 bits per heavy atom. The number of nitrogens with zero attached hydrogens (tertiary/aromatic N) is 2. The SMILES string of the molecule is COC(=O)C[C@H](NC(=O)[C@@H]1CCCN2C(=O)CC[C@H](NC(=O)c3ccccc3)C(=O)N12)C(C)OC. The van der Waals surface area contributed by atoms with Gasteiger partial charge in [0.15, 0.2) is 0 Å². The minimum Gasteiger partial charge on any atom is -0.469 e. The standard InChI is InChI=1S/C24H32N4O7/c1-15(34-2)18(14-21(30)35-3)26-23(32)19-10-7-13-27-20(29)12-11-17(24(33)28(19)27)25-22(31)16-8-5-4-6-9-16/h4-6,8-9,15,17-19H,7,10-14H2,1-3H3,(H,25,31)(H,26,32)/t15?,17-,18-,19-/m0/s1. The van der Waals surface area contributed by atoms with Crippen LogP contribution in [0, 0.1) is 0 Å². The topological polar surface area (TPSA) is 134 Å². The molecule has 3 rings (SSSR count). The van der Waals surface area contributed by atoms with E-state index in [2.05, 4.69) is 10.6 Å². The van der Waals surface area contributed by atoms with Crippen molar-refractivity contribution >= 4 is 29.6 Å². The van der Waals surface area contributed by atoms with Gasteiger partial charge in [0.25, 0.3) is 11.8 Å². The van der Waals surface area contributed by atoms with Gasteiger partial charge in [-0.05, 0) is 38.3 Å². The summed E-state index contributed by atoms with van der Waals surface area (Å²) in [5.74, 6) is -2.28. The molecular weight excluding hydrogens is 456 g/mol. The maximum atomic E-state index is 13.5. The van der Waals surface area contributed by atoms with Crippen molar-refractivity contribution < 1.29 is 33.4 Å². The van der Waals surface area contributed by atoms with Crippen LogP contribution in [-0.4, -0.2) is 84.6 Å². The summed E-state index contributed by atoms with van der Waals surface area (Å²) in [7, 11) is 2.71. The fourth-order valence-corrected chi connectivity index (χ4v) is 4.28. The zero-order chi connectivity index (χ0) is 25.5. The first-order valence-electron chi connectivity index (χ1n) is 11.7. The fraction of sp³-hybridized carbons (Fsp3) is 0.542. The van der Waals surface area contributed by atoms with Gasteiger partial charge in [-0.2, -0.15) is 0 Å². The van der Waals surface area contributed by atoms with E-state index in [4.69, 9.17) is 9.47 Å². The number of carbonyl (C=O) groups is 5. The Labute approximate surface area is 204 Å². The van der Waals surface area contributed by atoms with Gasteiger partial charge < -0.3 is 20.1 Å². The van der Waals surface area contributed by atoms with Gasteiger partial charge in [0, 0.05) is 25.6 Å². The molecule has 2 saturated heterocycles. The Morgan fingerprint density at radius 3 is 2.49 bits per heavy atom. The molecule has 35 heavy (non-hydrogen) atoms. The normalized spacial score (nSPS) is 21.9. The first-order chi connectivity index (χ1) is 16.8. The number of hydrogen-bond donors (Lipinski definition) is 2. The third kappa shape index (κ3) is 6.16. The lowest BCUT2D eigenvalue weighted by Crippen LogP contribution is -2.64. The summed E-state index contributed by atoms with van der Waals surface area (Å²) in [5.41, 5.74) is 0.389. The molecule has 2 heterocycles. The van der Waals surface area contributed by atoms with Crippen molar-refractivity contribution in [1.29, 1.82) is 0 Å². The monoisotopic (exact) mass is 488 g/mol. The van der Waals surface area contributed by atoms with Crippen LogP contribution in [0.1, 0.15) is 49.4 Å². The Bertz CT molecular complexity index is 954. The van der Waals surface area contributed by atoms with Crippen molar-refractivity contribution in [3.63, 3.8) is 0 Å². The van der Waals surface area contributed by atoms with Crippen LogP contribution in [0.3, 0.4) is 0 Å². The number of esters is 1. The second-order valence-corrected chi connectivity index (χ2v) is 8.62. The second kappa shape index (κ2) is 11.8. The molecule has 0 bridgehead atoms. The summed E-state index contributed by atoms with van der Waals surface area (Å²) in [6.45, 7) is 2.00. The third-order valence-electron chi connectivity index (χ3n) is 6.39. The number of fused-ring (bicyclic) bond motifs is 1. The smallest absolute Gasteiger partial charge is 0.307 e. The number of hydrazine groups is 1. The molecule has 4 atom stereocenters. The van der Waals surface area contributed by atoms with Crippen molar-refractivity contribution in [1.82, 2.24) is 20.7 Å². The predicted octanol–water partition coefficient (Wildman–Crippen LogP) is 0.396. The average molecular weight is 489 g/mol. The lowest BCUT2D eigenvalue weighted by molar-refractivity contribution is -0.176. The minimum absolute atomic E-state index is 0.0575. The maximum absolute atomic E-state index is 13.5. The van der Waals surface area contributed by atoms with E-state index in [0.29, 0.717) is 24.9 Å². The van der Waals surface area contributed by atoms with Gasteiger partial charge in [0.2, 0.25) is 11.8 Å². The van der Waals surface area contributed by atoms with Gasteiger partial charge in [-0.3, -0.25) is 29.0 Å². The van der Waals surface area contributed by atoms with Crippen LogP contribution in [0.2, 0.25) is 0 Å². The fourth-order valence-electron chi connectivity index (χ4n) is 4.28. The zero-order valence-electron chi connectivity index (χ0n) is 20.2. The largest absolute Gasteiger partial charge is 0.469 e. The molecule has 2 aliphatic heterocycles. The van der Waals surface area contributed by atoms with Crippen LogP contribution in [0.15, 0.2) is 30.3 Å². The highest BCUT2D eigenvalue weighted by molar-refractivity contribution is 5.99. The van der Waals surface area contributed by atoms with E-state index in [0.717, 1.165) is 0 Å². The molecule has 1 aromatic carbocycles. The van der Waals surface area contributed by atoms with Crippen LogP contribution in [0.25, 0.3) is 0 Å². The number of amides is 4. The summed E-state index contributed by atoms with van der Waals surface area (Å²) in [6, 6.07) is 5.83. The van der Waals surface area contributed by atoms with Gasteiger partial charge in [0.05, 0.1) is 25.7 Å². The number of nitrogens with one attached hydrogen (secondary N) is 2. The van der Waals surface area contributed by atoms with E-state index in [1.54, 1.807) is 37.3 Å². The first kappa shape index (κ1) is 26.1. The molecule has 1 unspecified atom stereocenters. The molecule has 1 aromatic rings. The van der Waals surface area contributed by atoms with E-state index in [1.165, 1.54) is 24.2 Å². The highest BCUT2D eigenvalue weighted by Gasteiger charge is 2.45. The van der Waals surface area contributed by atoms with Crippen LogP contribution in [0.5, 0.6) is 0 Å². The minimum atomic E-state index is -0.973. The summed E-state index contributed by atoms with van der Waals surface area (Å²) in [6.07, 6.45) is 0.419. The Morgan fingerprint density at radius 2 is 1.83 bits per heavy atom. The number of carbonyl (C=O) groups excluding carboxylic acids is 5. The van der Waals surface area contributed by atoms with Gasteiger partial charge >= 0.3 is 5.97 Å². The van der Waals surface area contributed by atoms with Crippen LogP contribution in [0.4, 0.5) is 0 Å². The van der Waals surface area contributed by atoms with Crippen molar-refractivity contribution in [3.8, 4) is 0 Å². The van der Waals surface area contributed by atoms with E-state index >= 15 is 0 Å². The lowest BCUT2D eigenvalue weighted by atomic mass is 10.0. The molecule has 2 fully saturated rings. The first-order valence-corrected chi connectivity index (χ1v) is 11.7. The molecule has 11 nitrogen and oxygen atoms in total. The van der Waals surface area contributed by atoms with Gasteiger partial charge in [-0.1, -0.05) is 18.2 Å². The highest BCUT2D eigenvalue weighted by atomic mass is 16.5. The zero-order valence-corrected chi connectivity index (χ0v) is 20.2. The van der Waals surface area contributed by atoms with Gasteiger partial charge in [0.1, 0.15) is 12.1 Å². The van der Waals surface area contributed by atoms with E-state index in [-0.39, 0.29) is 25.2 Å². The lowest BCUT2D eigenvalue weighted by Gasteiger charge is -2.43. The molecule has 4 amide bonds. The highest BCUT2D eigenvalue weighted by Crippen LogP contribution is 2.25. The van der Waals surface area contributed by atoms with Crippen LogP contribution in [-0.2, 0) is 28.7 Å². The van der Waals surface area contributed by atoms with Crippen molar-refractivity contribution in [2.75, 3.05) is 20.8 Å². The molecule has 11 heteroatoms. The van der Waals surface area contributed by atoms with Crippen LogP contribution < -0.4 is 10.6 Å². The van der Waals surface area contributed by atoms with Crippen LogP contribution >= 0.6 is 0 Å². The quantitative estimate of drug-likeness (QED) is 0.506. The average Bonchev–Trinajstić information content (AvgIpc) is 3.00.